The SMILES string of the molecule is CCCCCC=CCC(=CCCCCCCCC(=O)O)N([O-])O. The molecular formula is C18H32NO4-. The molecule has 0 rings (SSSR count). The summed E-state index contributed by atoms with van der Waals surface area (Å²) in [4.78, 5) is 10.4. The lowest BCUT2D eigenvalue weighted by molar-refractivity contribution is -0.137. The molecule has 0 saturated carbocycles. The summed E-state index contributed by atoms with van der Waals surface area (Å²) in [5, 5.41) is 28.7. The first-order chi connectivity index (χ1) is 11.1. The highest BCUT2D eigenvalue weighted by molar-refractivity contribution is 5.66. The maximum atomic E-state index is 11.1. The molecule has 0 aromatic heterocycles. The van der Waals surface area contributed by atoms with E-state index in [-0.39, 0.29) is 11.6 Å². The van der Waals surface area contributed by atoms with Crippen molar-refractivity contribution in [1.29, 1.82) is 0 Å². The zero-order chi connectivity index (χ0) is 17.3. The highest BCUT2D eigenvalue weighted by Crippen LogP contribution is 2.12. The molecule has 0 aliphatic carbocycles. The molecule has 5 nitrogen and oxygen atoms in total. The predicted octanol–water partition coefficient (Wildman–Crippen LogP) is 5.40. The van der Waals surface area contributed by atoms with E-state index in [1.54, 1.807) is 6.08 Å². The number of carboxylic acids is 1. The largest absolute Gasteiger partial charge is 0.734 e. The highest BCUT2D eigenvalue weighted by atomic mass is 16.8. The average Bonchev–Trinajstić information content (AvgIpc) is 2.50. The molecule has 0 radical (unpaired) electrons. The minimum absolute atomic E-state index is 0.0384. The van der Waals surface area contributed by atoms with E-state index in [2.05, 4.69) is 13.0 Å². The first-order valence-electron chi connectivity index (χ1n) is 8.79. The third-order valence-electron chi connectivity index (χ3n) is 3.69. The van der Waals surface area contributed by atoms with E-state index >= 15 is 0 Å². The summed E-state index contributed by atoms with van der Waals surface area (Å²) >= 11 is 0. The van der Waals surface area contributed by atoms with Crippen LogP contribution in [-0.2, 0) is 4.79 Å². The number of allylic oxidation sites excluding steroid dienone is 3. The number of carbonyl (C=O) groups is 1. The highest BCUT2D eigenvalue weighted by Gasteiger charge is 1.97. The van der Waals surface area contributed by atoms with Crippen LogP contribution in [0.2, 0.25) is 0 Å². The maximum absolute atomic E-state index is 11.1. The number of hydrogen-bond acceptors (Lipinski definition) is 4. The lowest BCUT2D eigenvalue weighted by Gasteiger charge is -2.24. The second-order valence-corrected chi connectivity index (χ2v) is 5.84. The van der Waals surface area contributed by atoms with E-state index in [1.165, 1.54) is 12.8 Å². The van der Waals surface area contributed by atoms with Crippen LogP contribution in [0.25, 0.3) is 0 Å². The molecule has 0 spiro atoms. The molecule has 0 atom stereocenters. The lowest BCUT2D eigenvalue weighted by Crippen LogP contribution is -2.09. The van der Waals surface area contributed by atoms with Crippen LogP contribution < -0.4 is 0 Å². The average molecular weight is 326 g/mol. The van der Waals surface area contributed by atoms with Gasteiger partial charge in [-0.05, 0) is 32.1 Å². The van der Waals surface area contributed by atoms with Crippen molar-refractivity contribution in [2.75, 3.05) is 0 Å². The fourth-order valence-corrected chi connectivity index (χ4v) is 2.29. The molecule has 0 saturated heterocycles. The van der Waals surface area contributed by atoms with Crippen LogP contribution in [-0.4, -0.2) is 21.5 Å². The maximum Gasteiger partial charge on any atom is 0.303 e. The summed E-state index contributed by atoms with van der Waals surface area (Å²) in [5.74, 6) is -0.737. The van der Waals surface area contributed by atoms with Crippen molar-refractivity contribution < 1.29 is 15.1 Å². The summed E-state index contributed by atoms with van der Waals surface area (Å²) in [6.07, 6.45) is 16.5. The second kappa shape index (κ2) is 15.6. The third-order valence-corrected chi connectivity index (χ3v) is 3.69. The molecule has 5 heteroatoms. The zero-order valence-corrected chi connectivity index (χ0v) is 14.4. The van der Waals surface area contributed by atoms with Gasteiger partial charge in [0.2, 0.25) is 0 Å². The zero-order valence-electron chi connectivity index (χ0n) is 14.4. The molecule has 0 heterocycles. The fraction of sp³-hybridized carbons (Fsp3) is 0.722. The quantitative estimate of drug-likeness (QED) is 0.239. The van der Waals surface area contributed by atoms with Gasteiger partial charge in [0.25, 0.3) is 0 Å². The third kappa shape index (κ3) is 15.3. The number of aliphatic carboxylic acids is 1. The van der Waals surface area contributed by atoms with Gasteiger partial charge in [0, 0.05) is 18.5 Å². The normalized spacial score (nSPS) is 12.0. The van der Waals surface area contributed by atoms with Crippen molar-refractivity contribution >= 4 is 5.97 Å². The van der Waals surface area contributed by atoms with Crippen LogP contribution in [0, 0.1) is 5.21 Å². The summed E-state index contributed by atoms with van der Waals surface area (Å²) < 4.78 is 0. The Balaban J connectivity index is 3.79. The summed E-state index contributed by atoms with van der Waals surface area (Å²) in [6.45, 7) is 2.16. The minimum atomic E-state index is -0.737. The van der Waals surface area contributed by atoms with E-state index in [9.17, 15) is 10.0 Å². The Bertz CT molecular complexity index is 351. The van der Waals surface area contributed by atoms with E-state index in [0.29, 0.717) is 12.1 Å². The number of nitrogens with zero attached hydrogens (tertiary/aromatic N) is 1. The van der Waals surface area contributed by atoms with Crippen LogP contribution >= 0.6 is 0 Å². The Morgan fingerprint density at radius 2 is 1.65 bits per heavy atom. The Kier molecular flexibility index (Phi) is 14.7. The van der Waals surface area contributed by atoms with E-state index in [4.69, 9.17) is 10.3 Å². The molecule has 23 heavy (non-hydrogen) atoms. The van der Waals surface area contributed by atoms with Gasteiger partial charge in [0.05, 0.1) is 0 Å². The minimum Gasteiger partial charge on any atom is -0.734 e. The summed E-state index contributed by atoms with van der Waals surface area (Å²) in [7, 11) is 0. The van der Waals surface area contributed by atoms with Crippen molar-refractivity contribution in [3.8, 4) is 0 Å². The molecule has 0 aromatic carbocycles. The number of rotatable bonds is 15. The number of unbranched alkanes of at least 4 members (excludes halogenated alkanes) is 8. The van der Waals surface area contributed by atoms with Crippen molar-refractivity contribution in [1.82, 2.24) is 5.23 Å². The predicted molar refractivity (Wildman–Crippen MR) is 92.9 cm³/mol. The molecular weight excluding hydrogens is 294 g/mol. The van der Waals surface area contributed by atoms with Gasteiger partial charge < -0.3 is 15.5 Å². The van der Waals surface area contributed by atoms with Crippen molar-refractivity contribution in [2.45, 2.75) is 84.0 Å². The van der Waals surface area contributed by atoms with Gasteiger partial charge in [-0.15, -0.1) is 0 Å². The van der Waals surface area contributed by atoms with Crippen LogP contribution in [0.1, 0.15) is 84.0 Å². The lowest BCUT2D eigenvalue weighted by atomic mass is 10.1. The monoisotopic (exact) mass is 326 g/mol. The van der Waals surface area contributed by atoms with Gasteiger partial charge in [-0.3, -0.25) is 10.0 Å². The smallest absolute Gasteiger partial charge is 0.303 e. The first kappa shape index (κ1) is 21.7. The van der Waals surface area contributed by atoms with Gasteiger partial charge in [0.15, 0.2) is 0 Å². The van der Waals surface area contributed by atoms with Gasteiger partial charge in [-0.25, -0.2) is 0 Å². The molecule has 0 amide bonds. The first-order valence-corrected chi connectivity index (χ1v) is 8.79. The van der Waals surface area contributed by atoms with Crippen LogP contribution in [0.15, 0.2) is 23.9 Å². The Morgan fingerprint density at radius 1 is 1.00 bits per heavy atom. The fourth-order valence-electron chi connectivity index (χ4n) is 2.29. The van der Waals surface area contributed by atoms with Crippen LogP contribution in [0.5, 0.6) is 0 Å². The molecule has 0 bridgehead atoms. The van der Waals surface area contributed by atoms with Crippen molar-refractivity contribution in [3.63, 3.8) is 0 Å². The second-order valence-electron chi connectivity index (χ2n) is 5.84. The molecule has 2 N–H and O–H groups in total. The standard InChI is InChI=1S/C18H32NO4/c1-2-3-4-5-8-11-14-17(19(22)23)15-12-9-6-7-10-13-16-18(20)21/h8,11,15,22H,2-7,9-10,12-14,16H2,1H3,(H,20,21)/q-1. The van der Waals surface area contributed by atoms with Gasteiger partial charge in [0.1, 0.15) is 0 Å². The number of hydrogen-bond donors (Lipinski definition) is 2. The van der Waals surface area contributed by atoms with Gasteiger partial charge >= 0.3 is 5.97 Å². The van der Waals surface area contributed by atoms with E-state index in [0.717, 1.165) is 51.4 Å². The van der Waals surface area contributed by atoms with Crippen LogP contribution in [0.4, 0.5) is 0 Å². The Hall–Kier alpha value is -1.33. The van der Waals surface area contributed by atoms with E-state index in [1.807, 2.05) is 6.08 Å². The van der Waals surface area contributed by atoms with Gasteiger partial charge in [-0.2, -0.15) is 0 Å². The topological polar surface area (TPSA) is 83.8 Å². The van der Waals surface area contributed by atoms with Gasteiger partial charge in [-0.1, -0.05) is 57.3 Å². The Labute approximate surface area is 140 Å². The summed E-state index contributed by atoms with van der Waals surface area (Å²) in [5.41, 5.74) is 0.391. The van der Waals surface area contributed by atoms with Crippen LogP contribution in [0.3, 0.4) is 0 Å². The van der Waals surface area contributed by atoms with Crippen molar-refractivity contribution in [2.24, 2.45) is 0 Å². The van der Waals surface area contributed by atoms with E-state index < -0.39 is 5.97 Å². The molecule has 0 aromatic rings. The molecule has 0 unspecified atom stereocenters. The molecule has 0 fully saturated rings. The molecule has 0 aliphatic rings. The summed E-state index contributed by atoms with van der Waals surface area (Å²) in [6, 6.07) is 0. The Morgan fingerprint density at radius 3 is 2.30 bits per heavy atom. The molecule has 0 aliphatic heterocycles. The number of carboxylic acid groups (broad SMARTS) is 1. The van der Waals surface area contributed by atoms with Crippen molar-refractivity contribution in [3.05, 3.63) is 29.1 Å². The molecule has 134 valence electrons. The number of hydroxylamine groups is 2.